The summed E-state index contributed by atoms with van der Waals surface area (Å²) in [5.74, 6) is -1.78. The summed E-state index contributed by atoms with van der Waals surface area (Å²) >= 11 is 0. The third-order valence-corrected chi connectivity index (χ3v) is 5.92. The van der Waals surface area contributed by atoms with Crippen LogP contribution in [0.15, 0.2) is 30.5 Å². The number of anilines is 1. The summed E-state index contributed by atoms with van der Waals surface area (Å²) < 4.78 is 16.3. The predicted molar refractivity (Wildman–Crippen MR) is 124 cm³/mol. The number of nitrogens with zero attached hydrogens (tertiary/aromatic N) is 5. The number of benzene rings is 2. The van der Waals surface area contributed by atoms with Gasteiger partial charge in [0.2, 0.25) is 0 Å². The van der Waals surface area contributed by atoms with Gasteiger partial charge in [-0.25, -0.2) is 14.4 Å². The van der Waals surface area contributed by atoms with Gasteiger partial charge in [0.25, 0.3) is 5.91 Å². The topological polar surface area (TPSA) is 108 Å². The van der Waals surface area contributed by atoms with E-state index in [1.165, 1.54) is 11.7 Å². The van der Waals surface area contributed by atoms with Gasteiger partial charge >= 0.3 is 0 Å². The molecule has 0 aliphatic carbocycles. The molecular formula is C23H24FN7O2. The highest BCUT2D eigenvalue weighted by Gasteiger charge is 2.23. The summed E-state index contributed by atoms with van der Waals surface area (Å²) in [6.45, 7) is 4.70. The van der Waals surface area contributed by atoms with Crippen LogP contribution in [0.1, 0.15) is 17.4 Å². The van der Waals surface area contributed by atoms with Gasteiger partial charge in [-0.05, 0) is 31.2 Å². The maximum absolute atomic E-state index is 14.8. The Hall–Kier alpha value is -3.79. The quantitative estimate of drug-likeness (QED) is 0.440. The number of aromatic nitrogens is 4. The van der Waals surface area contributed by atoms with Crippen molar-refractivity contribution in [2.24, 2.45) is 7.05 Å². The van der Waals surface area contributed by atoms with E-state index in [0.29, 0.717) is 22.3 Å². The smallest absolute Gasteiger partial charge is 0.270 e. The van der Waals surface area contributed by atoms with Crippen LogP contribution in [0.4, 0.5) is 10.1 Å². The summed E-state index contributed by atoms with van der Waals surface area (Å²) in [6.07, 6.45) is 1.64. The van der Waals surface area contributed by atoms with Crippen molar-refractivity contribution < 1.29 is 14.3 Å². The van der Waals surface area contributed by atoms with Crippen molar-refractivity contribution in [3.63, 3.8) is 0 Å². The summed E-state index contributed by atoms with van der Waals surface area (Å²) in [7, 11) is 3.19. The molecule has 10 heteroatoms. The fourth-order valence-corrected chi connectivity index (χ4v) is 4.30. The molecule has 9 nitrogen and oxygen atoms in total. The van der Waals surface area contributed by atoms with E-state index in [-0.39, 0.29) is 22.6 Å². The van der Waals surface area contributed by atoms with Gasteiger partial charge in [-0.2, -0.15) is 5.10 Å². The van der Waals surface area contributed by atoms with Crippen LogP contribution in [0.2, 0.25) is 0 Å². The van der Waals surface area contributed by atoms with Crippen LogP contribution >= 0.6 is 0 Å². The average Bonchev–Trinajstić information content (AvgIpc) is 3.20. The molecular weight excluding hydrogens is 425 g/mol. The van der Waals surface area contributed by atoms with Crippen molar-refractivity contribution in [2.45, 2.75) is 13.0 Å². The molecule has 0 bridgehead atoms. The second-order valence-electron chi connectivity index (χ2n) is 8.30. The summed E-state index contributed by atoms with van der Waals surface area (Å²) in [5, 5.41) is 21.7. The monoisotopic (exact) mass is 449 g/mol. The highest BCUT2D eigenvalue weighted by atomic mass is 19.1. The third kappa shape index (κ3) is 3.62. The fraction of sp³-hybridized carbons (Fsp3) is 0.304. The number of aryl methyl sites for hydroxylation is 1. The summed E-state index contributed by atoms with van der Waals surface area (Å²) in [5.41, 5.74) is 1.81. The number of phenolic OH excluding ortho intramolecular Hbond substituents is 1. The molecule has 4 aromatic rings. The van der Waals surface area contributed by atoms with Crippen LogP contribution in [0.25, 0.3) is 33.2 Å². The number of carbonyl (C=O) groups is 1. The van der Waals surface area contributed by atoms with Gasteiger partial charge in [0.15, 0.2) is 17.4 Å². The molecule has 1 fully saturated rings. The Kier molecular flexibility index (Phi) is 5.09. The molecule has 3 N–H and O–H groups in total. The van der Waals surface area contributed by atoms with E-state index < -0.39 is 17.5 Å². The number of carbonyl (C=O) groups excluding carboxylic acids is 1. The minimum absolute atomic E-state index is 0.0564. The lowest BCUT2D eigenvalue weighted by Crippen LogP contribution is -2.49. The maximum Gasteiger partial charge on any atom is 0.270 e. The highest BCUT2D eigenvalue weighted by Crippen LogP contribution is 2.36. The number of fused-ring (bicyclic) bond motifs is 2. The number of nitrogens with one attached hydrogen (secondary N) is 2. The van der Waals surface area contributed by atoms with Crippen molar-refractivity contribution >= 4 is 33.4 Å². The maximum atomic E-state index is 14.8. The van der Waals surface area contributed by atoms with E-state index in [4.69, 9.17) is 0 Å². The van der Waals surface area contributed by atoms with E-state index >= 15 is 0 Å². The SMILES string of the molecule is CNC(=O)c1nc(-c2cc3cn(C)nc3c(F)c2O)nc2ccc(N3CCN[C@@H](C)C3)cc12. The minimum Gasteiger partial charge on any atom is -0.504 e. The molecule has 2 aromatic carbocycles. The molecule has 1 aliphatic heterocycles. The van der Waals surface area contributed by atoms with Gasteiger partial charge in [-0.1, -0.05) is 0 Å². The van der Waals surface area contributed by atoms with Crippen molar-refractivity contribution in [3.05, 3.63) is 42.0 Å². The molecule has 1 aliphatic rings. The molecule has 2 aromatic heterocycles. The number of piperazine rings is 1. The van der Waals surface area contributed by atoms with Crippen LogP contribution in [-0.4, -0.2) is 63.5 Å². The van der Waals surface area contributed by atoms with Gasteiger partial charge in [-0.3, -0.25) is 9.48 Å². The third-order valence-electron chi connectivity index (χ3n) is 5.92. The van der Waals surface area contributed by atoms with Gasteiger partial charge in [0.1, 0.15) is 11.2 Å². The van der Waals surface area contributed by atoms with Gasteiger partial charge in [0.05, 0.1) is 11.1 Å². The Balaban J connectivity index is 1.69. The first-order valence-electron chi connectivity index (χ1n) is 10.7. The number of hydrogen-bond donors (Lipinski definition) is 3. The number of amides is 1. The fourth-order valence-electron chi connectivity index (χ4n) is 4.30. The molecule has 0 spiro atoms. The zero-order valence-electron chi connectivity index (χ0n) is 18.6. The Labute approximate surface area is 189 Å². The zero-order chi connectivity index (χ0) is 23.3. The molecule has 1 amide bonds. The molecule has 170 valence electrons. The van der Waals surface area contributed by atoms with E-state index in [2.05, 4.69) is 37.5 Å². The zero-order valence-corrected chi connectivity index (χ0v) is 18.6. The molecule has 0 unspecified atom stereocenters. The Morgan fingerprint density at radius 1 is 1.30 bits per heavy atom. The van der Waals surface area contributed by atoms with Crippen LogP contribution in [0.3, 0.4) is 0 Å². The molecule has 1 saturated heterocycles. The summed E-state index contributed by atoms with van der Waals surface area (Å²) in [6, 6.07) is 7.62. The molecule has 0 saturated carbocycles. The van der Waals surface area contributed by atoms with E-state index in [9.17, 15) is 14.3 Å². The van der Waals surface area contributed by atoms with Crippen LogP contribution in [0, 0.1) is 5.82 Å². The Morgan fingerprint density at radius 2 is 2.12 bits per heavy atom. The van der Waals surface area contributed by atoms with E-state index in [0.717, 1.165) is 25.3 Å². The Bertz CT molecular complexity index is 1400. The molecule has 0 radical (unpaired) electrons. The number of hydrogen-bond acceptors (Lipinski definition) is 7. The number of aromatic hydroxyl groups is 1. The molecule has 3 heterocycles. The molecule has 5 rings (SSSR count). The van der Waals surface area contributed by atoms with E-state index in [1.54, 1.807) is 19.3 Å². The van der Waals surface area contributed by atoms with E-state index in [1.807, 2.05) is 18.2 Å². The first-order chi connectivity index (χ1) is 15.9. The first kappa shape index (κ1) is 21.1. The number of rotatable bonds is 3. The van der Waals surface area contributed by atoms with Crippen molar-refractivity contribution in [1.29, 1.82) is 0 Å². The van der Waals surface area contributed by atoms with Crippen LogP contribution in [0.5, 0.6) is 5.75 Å². The number of halogens is 1. The average molecular weight is 449 g/mol. The number of phenols is 1. The van der Waals surface area contributed by atoms with Gasteiger partial charge in [-0.15, -0.1) is 0 Å². The normalized spacial score (nSPS) is 16.5. The lowest BCUT2D eigenvalue weighted by atomic mass is 10.1. The van der Waals surface area contributed by atoms with Crippen LogP contribution in [-0.2, 0) is 7.05 Å². The van der Waals surface area contributed by atoms with Gasteiger partial charge < -0.3 is 20.6 Å². The predicted octanol–water partition coefficient (Wildman–Crippen LogP) is 2.19. The Morgan fingerprint density at radius 3 is 2.88 bits per heavy atom. The molecule has 1 atom stereocenters. The first-order valence-corrected chi connectivity index (χ1v) is 10.7. The van der Waals surface area contributed by atoms with Crippen molar-refractivity contribution in [2.75, 3.05) is 31.6 Å². The van der Waals surface area contributed by atoms with Gasteiger partial charge in [0, 0.05) is 62.4 Å². The second-order valence-corrected chi connectivity index (χ2v) is 8.30. The minimum atomic E-state index is -0.850. The largest absolute Gasteiger partial charge is 0.504 e. The lowest BCUT2D eigenvalue weighted by Gasteiger charge is -2.33. The summed E-state index contributed by atoms with van der Waals surface area (Å²) in [4.78, 5) is 24.0. The van der Waals surface area contributed by atoms with Crippen molar-refractivity contribution in [3.8, 4) is 17.1 Å². The molecule has 33 heavy (non-hydrogen) atoms. The standard InChI is InChI=1S/C23H24FN7O2/c1-12-10-31(7-6-26-12)14-4-5-17-15(9-14)20(23(33)25-2)28-22(27-17)16-8-13-11-30(3)29-19(13)18(24)21(16)32/h4-5,8-9,11-12,26,32H,6-7,10H2,1-3H3,(H,25,33)/t12-/m0/s1. The van der Waals surface area contributed by atoms with Crippen molar-refractivity contribution in [1.82, 2.24) is 30.4 Å². The van der Waals surface area contributed by atoms with Crippen LogP contribution < -0.4 is 15.5 Å². The highest BCUT2D eigenvalue weighted by molar-refractivity contribution is 6.05. The second kappa shape index (κ2) is 7.96. The lowest BCUT2D eigenvalue weighted by molar-refractivity contribution is 0.0960.